The summed E-state index contributed by atoms with van der Waals surface area (Å²) in [6.07, 6.45) is 0. The standard InChI is InChI=1S/C8H18N2O3S/c1-5-10(4)8(11)6-9-14(12,13)7(2)3/h7,9H,5-6H2,1-4H3. The van der Waals surface area contributed by atoms with Crippen molar-refractivity contribution in [3.63, 3.8) is 0 Å². The summed E-state index contributed by atoms with van der Waals surface area (Å²) in [7, 11) is -1.70. The SMILES string of the molecule is CCN(C)C(=O)CNS(=O)(=O)C(C)C. The molecule has 0 aromatic rings. The van der Waals surface area contributed by atoms with Gasteiger partial charge in [-0.25, -0.2) is 13.1 Å². The molecular weight excluding hydrogens is 204 g/mol. The van der Waals surface area contributed by atoms with Crippen LogP contribution >= 0.6 is 0 Å². The average Bonchev–Trinajstić information content (AvgIpc) is 2.12. The summed E-state index contributed by atoms with van der Waals surface area (Å²) in [4.78, 5) is 12.7. The summed E-state index contributed by atoms with van der Waals surface area (Å²) in [6, 6.07) is 0. The molecule has 0 unspecified atom stereocenters. The molecule has 0 aromatic carbocycles. The van der Waals surface area contributed by atoms with Crippen LogP contribution in [0.5, 0.6) is 0 Å². The van der Waals surface area contributed by atoms with Gasteiger partial charge >= 0.3 is 0 Å². The molecule has 0 saturated heterocycles. The van der Waals surface area contributed by atoms with Crippen LogP contribution in [0, 0.1) is 0 Å². The molecule has 0 atom stereocenters. The number of likely N-dealkylation sites (N-methyl/N-ethyl adjacent to an activating group) is 1. The molecule has 6 heteroatoms. The minimum atomic E-state index is -3.33. The summed E-state index contributed by atoms with van der Waals surface area (Å²) in [5.74, 6) is -0.225. The molecule has 1 N–H and O–H groups in total. The quantitative estimate of drug-likeness (QED) is 0.700. The Kier molecular flexibility index (Phi) is 5.07. The van der Waals surface area contributed by atoms with Crippen molar-refractivity contribution in [3.05, 3.63) is 0 Å². The van der Waals surface area contributed by atoms with Crippen LogP contribution in [-0.2, 0) is 14.8 Å². The molecule has 5 nitrogen and oxygen atoms in total. The molecular formula is C8H18N2O3S. The van der Waals surface area contributed by atoms with Gasteiger partial charge in [0, 0.05) is 13.6 Å². The third-order valence-electron chi connectivity index (χ3n) is 1.95. The summed E-state index contributed by atoms with van der Waals surface area (Å²) in [5, 5.41) is -0.512. The average molecular weight is 222 g/mol. The number of nitrogens with zero attached hydrogens (tertiary/aromatic N) is 1. The number of carbonyl (C=O) groups excluding carboxylic acids is 1. The maximum absolute atomic E-state index is 11.3. The van der Waals surface area contributed by atoms with Crippen molar-refractivity contribution >= 4 is 15.9 Å². The van der Waals surface area contributed by atoms with Crippen molar-refractivity contribution in [2.75, 3.05) is 20.1 Å². The fraction of sp³-hybridized carbons (Fsp3) is 0.875. The number of rotatable bonds is 5. The highest BCUT2D eigenvalue weighted by Crippen LogP contribution is 1.95. The lowest BCUT2D eigenvalue weighted by Crippen LogP contribution is -2.40. The topological polar surface area (TPSA) is 66.5 Å². The van der Waals surface area contributed by atoms with E-state index in [-0.39, 0.29) is 12.5 Å². The summed E-state index contributed by atoms with van der Waals surface area (Å²) in [5.41, 5.74) is 0. The molecule has 0 aliphatic rings. The van der Waals surface area contributed by atoms with Crippen LogP contribution in [0.25, 0.3) is 0 Å². The number of amides is 1. The maximum atomic E-state index is 11.3. The third kappa shape index (κ3) is 4.06. The molecule has 84 valence electrons. The number of hydrogen-bond donors (Lipinski definition) is 1. The first-order chi connectivity index (χ1) is 6.31. The zero-order valence-electron chi connectivity index (χ0n) is 9.07. The van der Waals surface area contributed by atoms with Crippen molar-refractivity contribution in [1.82, 2.24) is 9.62 Å². The predicted octanol–water partition coefficient (Wildman–Crippen LogP) is -0.207. The van der Waals surface area contributed by atoms with Gasteiger partial charge < -0.3 is 4.90 Å². The minimum Gasteiger partial charge on any atom is -0.345 e. The molecule has 0 rings (SSSR count). The van der Waals surface area contributed by atoms with Gasteiger partial charge in [-0.15, -0.1) is 0 Å². The van der Waals surface area contributed by atoms with E-state index in [0.29, 0.717) is 6.54 Å². The molecule has 0 aromatic heterocycles. The van der Waals surface area contributed by atoms with Gasteiger partial charge in [-0.1, -0.05) is 0 Å². The van der Waals surface area contributed by atoms with E-state index in [1.54, 1.807) is 20.9 Å². The van der Waals surface area contributed by atoms with Gasteiger partial charge in [0.2, 0.25) is 15.9 Å². The number of nitrogens with one attached hydrogen (secondary N) is 1. The first-order valence-corrected chi connectivity index (χ1v) is 6.08. The first-order valence-electron chi connectivity index (χ1n) is 4.53. The highest BCUT2D eigenvalue weighted by molar-refractivity contribution is 7.90. The fourth-order valence-electron chi connectivity index (χ4n) is 0.640. The molecule has 0 fully saturated rings. The van der Waals surface area contributed by atoms with Crippen LogP contribution < -0.4 is 4.72 Å². The van der Waals surface area contributed by atoms with Gasteiger partial charge in [0.15, 0.2) is 0 Å². The summed E-state index contributed by atoms with van der Waals surface area (Å²) in [6.45, 7) is 5.37. The Morgan fingerprint density at radius 3 is 2.29 bits per heavy atom. The van der Waals surface area contributed by atoms with E-state index in [9.17, 15) is 13.2 Å². The molecule has 1 amide bonds. The van der Waals surface area contributed by atoms with Gasteiger partial charge in [0.05, 0.1) is 11.8 Å². The highest BCUT2D eigenvalue weighted by atomic mass is 32.2. The van der Waals surface area contributed by atoms with Gasteiger partial charge in [-0.2, -0.15) is 0 Å². The molecule has 0 bridgehead atoms. The van der Waals surface area contributed by atoms with E-state index in [1.165, 1.54) is 4.90 Å². The lowest BCUT2D eigenvalue weighted by atomic mass is 10.5. The molecule has 0 aliphatic heterocycles. The van der Waals surface area contributed by atoms with Crippen LogP contribution in [0.15, 0.2) is 0 Å². The molecule has 0 aliphatic carbocycles. The highest BCUT2D eigenvalue weighted by Gasteiger charge is 2.17. The Morgan fingerprint density at radius 1 is 1.43 bits per heavy atom. The van der Waals surface area contributed by atoms with E-state index < -0.39 is 15.3 Å². The van der Waals surface area contributed by atoms with Crippen molar-refractivity contribution in [3.8, 4) is 0 Å². The molecule has 14 heavy (non-hydrogen) atoms. The van der Waals surface area contributed by atoms with Gasteiger partial charge in [-0.3, -0.25) is 4.79 Å². The van der Waals surface area contributed by atoms with Gasteiger partial charge in [0.25, 0.3) is 0 Å². The van der Waals surface area contributed by atoms with Crippen molar-refractivity contribution < 1.29 is 13.2 Å². The second kappa shape index (κ2) is 5.31. The van der Waals surface area contributed by atoms with Crippen molar-refractivity contribution in [1.29, 1.82) is 0 Å². The Bertz CT molecular complexity index is 285. The first kappa shape index (κ1) is 13.4. The second-order valence-electron chi connectivity index (χ2n) is 3.32. The number of hydrogen-bond acceptors (Lipinski definition) is 3. The fourth-order valence-corrected chi connectivity index (χ4v) is 1.30. The molecule has 0 radical (unpaired) electrons. The lowest BCUT2D eigenvalue weighted by Gasteiger charge is -2.15. The maximum Gasteiger partial charge on any atom is 0.237 e. The molecule has 0 saturated carbocycles. The summed E-state index contributed by atoms with van der Waals surface area (Å²) < 4.78 is 24.8. The van der Waals surface area contributed by atoms with E-state index in [1.807, 2.05) is 6.92 Å². The van der Waals surface area contributed by atoms with E-state index in [0.717, 1.165) is 0 Å². The predicted molar refractivity (Wildman–Crippen MR) is 55.4 cm³/mol. The van der Waals surface area contributed by atoms with Crippen LogP contribution in [0.1, 0.15) is 20.8 Å². The molecule has 0 spiro atoms. The third-order valence-corrected chi connectivity index (χ3v) is 3.73. The Labute approximate surface area is 85.5 Å². The Balaban J connectivity index is 4.14. The van der Waals surface area contributed by atoms with Crippen LogP contribution in [0.4, 0.5) is 0 Å². The minimum absolute atomic E-state index is 0.162. The molecule has 0 heterocycles. The lowest BCUT2D eigenvalue weighted by molar-refractivity contribution is -0.128. The van der Waals surface area contributed by atoms with Crippen LogP contribution in [0.3, 0.4) is 0 Å². The Hall–Kier alpha value is -0.620. The normalized spacial score (nSPS) is 11.8. The smallest absolute Gasteiger partial charge is 0.237 e. The zero-order chi connectivity index (χ0) is 11.4. The zero-order valence-corrected chi connectivity index (χ0v) is 9.89. The van der Waals surface area contributed by atoms with Gasteiger partial charge in [-0.05, 0) is 20.8 Å². The van der Waals surface area contributed by atoms with E-state index in [2.05, 4.69) is 4.72 Å². The number of carbonyl (C=O) groups is 1. The summed E-state index contributed by atoms with van der Waals surface area (Å²) >= 11 is 0. The largest absolute Gasteiger partial charge is 0.345 e. The monoisotopic (exact) mass is 222 g/mol. The van der Waals surface area contributed by atoms with Crippen LogP contribution in [0.2, 0.25) is 0 Å². The van der Waals surface area contributed by atoms with Gasteiger partial charge in [0.1, 0.15) is 0 Å². The Morgan fingerprint density at radius 2 is 1.93 bits per heavy atom. The van der Waals surface area contributed by atoms with Crippen molar-refractivity contribution in [2.45, 2.75) is 26.0 Å². The van der Waals surface area contributed by atoms with Crippen LogP contribution in [-0.4, -0.2) is 44.6 Å². The van der Waals surface area contributed by atoms with E-state index in [4.69, 9.17) is 0 Å². The van der Waals surface area contributed by atoms with Crippen molar-refractivity contribution in [2.24, 2.45) is 0 Å². The van der Waals surface area contributed by atoms with E-state index >= 15 is 0 Å². The second-order valence-corrected chi connectivity index (χ2v) is 5.64. The number of sulfonamides is 1.